The van der Waals surface area contributed by atoms with Gasteiger partial charge in [-0.15, -0.1) is 11.8 Å². The van der Waals surface area contributed by atoms with Gasteiger partial charge in [-0.2, -0.15) is 0 Å². The van der Waals surface area contributed by atoms with E-state index in [4.69, 9.17) is 9.16 Å². The molecule has 2 amide bonds. The van der Waals surface area contributed by atoms with Crippen molar-refractivity contribution < 1.29 is 18.8 Å². The van der Waals surface area contributed by atoms with Crippen LogP contribution in [0.15, 0.2) is 53.4 Å². The Morgan fingerprint density at radius 2 is 1.58 bits per heavy atom. The van der Waals surface area contributed by atoms with Crippen LogP contribution in [-0.4, -0.2) is 37.7 Å². The van der Waals surface area contributed by atoms with E-state index in [1.54, 1.807) is 16.7 Å². The number of rotatable bonds is 8. The number of hydrogen-bond donors (Lipinski definition) is 1. The third-order valence-corrected chi connectivity index (χ3v) is 14.2. The predicted molar refractivity (Wildman–Crippen MR) is 160 cm³/mol. The monoisotopic (exact) mass is 556 g/mol. The van der Waals surface area contributed by atoms with Gasteiger partial charge in [-0.1, -0.05) is 65.8 Å². The van der Waals surface area contributed by atoms with E-state index in [9.17, 15) is 9.59 Å². The second-order valence-corrected chi connectivity index (χ2v) is 18.4. The van der Waals surface area contributed by atoms with Crippen molar-refractivity contribution in [2.24, 2.45) is 0 Å². The number of thioether (sulfide) groups is 1. The summed E-state index contributed by atoms with van der Waals surface area (Å²) in [6.45, 7) is 19.5. The molecule has 0 bridgehead atoms. The van der Waals surface area contributed by atoms with Crippen LogP contribution in [0.5, 0.6) is 5.75 Å². The van der Waals surface area contributed by atoms with Crippen LogP contribution in [-0.2, 0) is 16.1 Å². The average molecular weight is 557 g/mol. The number of nitrogens with one attached hydrogen (secondary N) is 1. The smallest absolute Gasteiger partial charge is 0.408 e. The molecule has 2 aromatic carbocycles. The lowest BCUT2D eigenvalue weighted by Gasteiger charge is -2.42. The van der Waals surface area contributed by atoms with Gasteiger partial charge in [0.2, 0.25) is 0 Å². The van der Waals surface area contributed by atoms with Crippen LogP contribution in [0.1, 0.15) is 67.9 Å². The molecule has 1 aliphatic rings. The quantitative estimate of drug-likeness (QED) is 0.336. The highest BCUT2D eigenvalue weighted by molar-refractivity contribution is 7.99. The number of para-hydroxylation sites is 1. The Kier molecular flexibility index (Phi) is 9.63. The van der Waals surface area contributed by atoms with Gasteiger partial charge < -0.3 is 19.4 Å². The first-order valence-corrected chi connectivity index (χ1v) is 16.7. The first-order chi connectivity index (χ1) is 17.7. The van der Waals surface area contributed by atoms with E-state index < -0.39 is 26.1 Å². The maximum atomic E-state index is 13.7. The van der Waals surface area contributed by atoms with Gasteiger partial charge in [-0.3, -0.25) is 4.79 Å². The molecule has 1 heterocycles. The lowest BCUT2D eigenvalue weighted by atomic mass is 10.1. The van der Waals surface area contributed by atoms with E-state index >= 15 is 0 Å². The molecule has 8 heteroatoms. The summed E-state index contributed by atoms with van der Waals surface area (Å²) in [6, 6.07) is 15.3. The van der Waals surface area contributed by atoms with Crippen LogP contribution in [0.4, 0.5) is 10.5 Å². The number of carbonyl (C=O) groups is 2. The van der Waals surface area contributed by atoms with Crippen LogP contribution in [0, 0.1) is 0 Å². The topological polar surface area (TPSA) is 67.9 Å². The van der Waals surface area contributed by atoms with E-state index in [1.165, 1.54) is 0 Å². The van der Waals surface area contributed by atoms with Gasteiger partial charge in [0.1, 0.15) is 17.4 Å². The van der Waals surface area contributed by atoms with Crippen molar-refractivity contribution >= 4 is 37.8 Å². The maximum Gasteiger partial charge on any atom is 0.408 e. The number of hydrogen-bond acceptors (Lipinski definition) is 5. The Morgan fingerprint density at radius 3 is 2.13 bits per heavy atom. The highest BCUT2D eigenvalue weighted by atomic mass is 32.2. The molecule has 1 atom stereocenters. The van der Waals surface area contributed by atoms with Crippen molar-refractivity contribution in [1.82, 2.24) is 5.32 Å². The van der Waals surface area contributed by atoms with E-state index in [0.29, 0.717) is 28.9 Å². The standard InChI is InChI=1S/C30H44N2O4SSi/c1-20(2)38(21(3)4,22(5)6)36-24-16-14-23(15-17-24)18-32-26-12-10-11-13-27(26)37-19-25(28(32)33)31-29(34)35-30(7,8)9/h10-17,20-22,25H,18-19H2,1-9H3,(H,31,34). The zero-order valence-electron chi connectivity index (χ0n) is 24.3. The summed E-state index contributed by atoms with van der Waals surface area (Å²) >= 11 is 1.56. The molecule has 38 heavy (non-hydrogen) atoms. The van der Waals surface area contributed by atoms with Crippen molar-refractivity contribution in [2.75, 3.05) is 10.7 Å². The molecule has 1 unspecified atom stereocenters. The fourth-order valence-corrected chi connectivity index (χ4v) is 11.8. The first kappa shape index (κ1) is 30.1. The van der Waals surface area contributed by atoms with Crippen LogP contribution in [0.25, 0.3) is 0 Å². The fourth-order valence-electron chi connectivity index (χ4n) is 5.47. The van der Waals surface area contributed by atoms with E-state index in [-0.39, 0.29) is 5.91 Å². The fraction of sp³-hybridized carbons (Fsp3) is 0.533. The molecule has 3 rings (SSSR count). The Hall–Kier alpha value is -2.45. The molecule has 0 aromatic heterocycles. The van der Waals surface area contributed by atoms with Gasteiger partial charge in [-0.05, 0) is 67.2 Å². The number of alkyl carbamates (subject to hydrolysis) is 1. The minimum Gasteiger partial charge on any atom is -0.543 e. The predicted octanol–water partition coefficient (Wildman–Crippen LogP) is 7.77. The molecule has 0 fully saturated rings. The second kappa shape index (κ2) is 12.2. The summed E-state index contributed by atoms with van der Waals surface area (Å²) in [5, 5.41) is 2.79. The largest absolute Gasteiger partial charge is 0.543 e. The molecule has 0 aliphatic carbocycles. The van der Waals surface area contributed by atoms with Gasteiger partial charge in [-0.25, -0.2) is 4.79 Å². The van der Waals surface area contributed by atoms with E-state index in [0.717, 1.165) is 21.9 Å². The van der Waals surface area contributed by atoms with Gasteiger partial charge in [0, 0.05) is 10.6 Å². The Labute approximate surface area is 234 Å². The number of benzene rings is 2. The SMILES string of the molecule is CC(C)[Si](Oc1ccc(CN2C(=O)C(NC(=O)OC(C)(C)C)CSc3ccccc32)cc1)(C(C)C)C(C)C. The van der Waals surface area contributed by atoms with Crippen molar-refractivity contribution in [3.05, 3.63) is 54.1 Å². The Morgan fingerprint density at radius 1 is 1.00 bits per heavy atom. The van der Waals surface area contributed by atoms with Crippen molar-refractivity contribution in [3.63, 3.8) is 0 Å². The molecule has 2 aromatic rings. The first-order valence-electron chi connectivity index (χ1n) is 13.5. The molecule has 6 nitrogen and oxygen atoms in total. The zero-order chi connectivity index (χ0) is 28.3. The molecular formula is C30H44N2O4SSi. The molecule has 0 radical (unpaired) electrons. The minimum absolute atomic E-state index is 0.153. The highest BCUT2D eigenvalue weighted by Crippen LogP contribution is 2.43. The molecule has 0 spiro atoms. The van der Waals surface area contributed by atoms with E-state index in [1.807, 2.05) is 69.3 Å². The summed E-state index contributed by atoms with van der Waals surface area (Å²) in [5.41, 5.74) is 2.66. The number of anilines is 1. The van der Waals surface area contributed by atoms with Gasteiger partial charge >= 0.3 is 6.09 Å². The van der Waals surface area contributed by atoms with Crippen LogP contribution in [0.2, 0.25) is 16.6 Å². The molecule has 1 aliphatic heterocycles. The minimum atomic E-state index is -2.05. The average Bonchev–Trinajstić information content (AvgIpc) is 2.94. The number of fused-ring (bicyclic) bond motifs is 1. The summed E-state index contributed by atoms with van der Waals surface area (Å²) in [7, 11) is -2.05. The Balaban J connectivity index is 1.85. The molecule has 1 N–H and O–H groups in total. The summed E-state index contributed by atoms with van der Waals surface area (Å²) in [4.78, 5) is 29.0. The number of nitrogens with zero attached hydrogens (tertiary/aromatic N) is 1. The van der Waals surface area contributed by atoms with Crippen LogP contribution >= 0.6 is 11.8 Å². The van der Waals surface area contributed by atoms with Gasteiger partial charge in [0.25, 0.3) is 14.2 Å². The Bertz CT molecular complexity index is 1090. The molecule has 208 valence electrons. The third-order valence-electron chi connectivity index (χ3n) is 7.08. The van der Waals surface area contributed by atoms with Crippen molar-refractivity contribution in [2.45, 2.75) is 102 Å². The molecule has 0 saturated carbocycles. The van der Waals surface area contributed by atoms with Crippen molar-refractivity contribution in [1.29, 1.82) is 0 Å². The third kappa shape index (κ3) is 6.94. The van der Waals surface area contributed by atoms with Crippen molar-refractivity contribution in [3.8, 4) is 5.75 Å². The number of amides is 2. The normalized spacial score (nSPS) is 16.5. The highest BCUT2D eigenvalue weighted by Gasteiger charge is 2.47. The second-order valence-electron chi connectivity index (χ2n) is 12.0. The van der Waals surface area contributed by atoms with Gasteiger partial charge in [0.15, 0.2) is 0 Å². The number of carbonyl (C=O) groups excluding carboxylic acids is 2. The lowest BCUT2D eigenvalue weighted by molar-refractivity contribution is -0.120. The lowest BCUT2D eigenvalue weighted by Crippen LogP contribution is -2.50. The zero-order valence-corrected chi connectivity index (χ0v) is 26.1. The molecule has 0 saturated heterocycles. The van der Waals surface area contributed by atoms with Gasteiger partial charge in [0.05, 0.1) is 12.2 Å². The maximum absolute atomic E-state index is 13.7. The number of ether oxygens (including phenoxy) is 1. The van der Waals surface area contributed by atoms with Crippen LogP contribution in [0.3, 0.4) is 0 Å². The molecular weight excluding hydrogens is 512 g/mol. The summed E-state index contributed by atoms with van der Waals surface area (Å²) in [6.07, 6.45) is -0.586. The summed E-state index contributed by atoms with van der Waals surface area (Å²) in [5.74, 6) is 1.17. The van der Waals surface area contributed by atoms with Crippen LogP contribution < -0.4 is 14.6 Å². The van der Waals surface area contributed by atoms with E-state index in [2.05, 4.69) is 46.9 Å². The summed E-state index contributed by atoms with van der Waals surface area (Å²) < 4.78 is 12.2.